The van der Waals surface area contributed by atoms with Crippen LogP contribution in [0.3, 0.4) is 0 Å². The molecule has 7 heteroatoms. The topological polar surface area (TPSA) is 85.3 Å². The van der Waals surface area contributed by atoms with Gasteiger partial charge in [0.1, 0.15) is 6.61 Å². The highest BCUT2D eigenvalue weighted by molar-refractivity contribution is 5.72. The van der Waals surface area contributed by atoms with Gasteiger partial charge in [0.05, 0.1) is 12.0 Å². The van der Waals surface area contributed by atoms with E-state index in [9.17, 15) is 14.7 Å². The lowest BCUT2D eigenvalue weighted by Gasteiger charge is -2.37. The lowest BCUT2D eigenvalue weighted by Crippen LogP contribution is -2.48. The van der Waals surface area contributed by atoms with Gasteiger partial charge in [0, 0.05) is 32.4 Å². The second kappa shape index (κ2) is 10.4. The maximum Gasteiger partial charge on any atom is 0.410 e. The predicted molar refractivity (Wildman–Crippen MR) is 102 cm³/mol. The molecule has 3 rings (SSSR count). The molecule has 2 unspecified atom stereocenters. The maximum absolute atomic E-state index is 12.6. The van der Waals surface area contributed by atoms with Crippen molar-refractivity contribution in [3.8, 4) is 0 Å². The zero-order chi connectivity index (χ0) is 19.8. The number of carbonyl (C=O) groups excluding carboxylic acids is 1. The highest BCUT2D eigenvalue weighted by Crippen LogP contribution is 2.26. The molecule has 2 heterocycles. The van der Waals surface area contributed by atoms with Gasteiger partial charge in [0.15, 0.2) is 0 Å². The number of nitrogens with zero attached hydrogens (tertiary/aromatic N) is 1. The molecule has 1 aromatic rings. The van der Waals surface area contributed by atoms with Crippen molar-refractivity contribution < 1.29 is 28.9 Å². The molecule has 1 aromatic carbocycles. The van der Waals surface area contributed by atoms with Crippen LogP contribution >= 0.6 is 0 Å². The zero-order valence-electron chi connectivity index (χ0n) is 16.1. The number of rotatable bonds is 7. The van der Waals surface area contributed by atoms with E-state index in [1.54, 1.807) is 4.90 Å². The summed E-state index contributed by atoms with van der Waals surface area (Å²) in [6, 6.07) is 9.34. The minimum atomic E-state index is -0.798. The van der Waals surface area contributed by atoms with Gasteiger partial charge < -0.3 is 24.2 Å². The molecule has 7 nitrogen and oxygen atoms in total. The van der Waals surface area contributed by atoms with Gasteiger partial charge in [-0.3, -0.25) is 4.79 Å². The van der Waals surface area contributed by atoms with Crippen molar-refractivity contribution >= 4 is 12.1 Å². The first kappa shape index (κ1) is 20.6. The molecule has 2 aliphatic rings. The van der Waals surface area contributed by atoms with Crippen LogP contribution in [0.2, 0.25) is 0 Å². The van der Waals surface area contributed by atoms with Gasteiger partial charge in [0.25, 0.3) is 0 Å². The van der Waals surface area contributed by atoms with Crippen molar-refractivity contribution in [3.63, 3.8) is 0 Å². The van der Waals surface area contributed by atoms with E-state index in [1.807, 2.05) is 30.3 Å². The molecule has 2 atom stereocenters. The Balaban J connectivity index is 1.53. The first-order chi connectivity index (χ1) is 13.6. The van der Waals surface area contributed by atoms with Crippen molar-refractivity contribution in [2.24, 2.45) is 5.92 Å². The molecule has 0 saturated carbocycles. The molecule has 0 aromatic heterocycles. The predicted octanol–water partition coefficient (Wildman–Crippen LogP) is 3.07. The normalized spacial score (nSPS) is 23.4. The maximum atomic E-state index is 12.6. The number of hydrogen-bond acceptors (Lipinski definition) is 5. The van der Waals surface area contributed by atoms with E-state index in [0.29, 0.717) is 45.6 Å². The van der Waals surface area contributed by atoms with E-state index in [2.05, 4.69) is 0 Å². The van der Waals surface area contributed by atoms with Crippen molar-refractivity contribution in [3.05, 3.63) is 35.9 Å². The molecule has 2 fully saturated rings. The summed E-state index contributed by atoms with van der Waals surface area (Å²) < 4.78 is 16.7. The summed E-state index contributed by atoms with van der Waals surface area (Å²) in [6.07, 6.45) is 3.06. The Hall–Kier alpha value is -2.12. The van der Waals surface area contributed by atoms with Crippen LogP contribution in [-0.4, -0.2) is 60.6 Å². The molecule has 1 amide bonds. The van der Waals surface area contributed by atoms with Crippen molar-refractivity contribution in [1.29, 1.82) is 0 Å². The summed E-state index contributed by atoms with van der Waals surface area (Å²) in [7, 11) is 0. The molecule has 154 valence electrons. The van der Waals surface area contributed by atoms with E-state index in [-0.39, 0.29) is 24.8 Å². The Morgan fingerprint density at radius 1 is 1.14 bits per heavy atom. The molecule has 2 aliphatic heterocycles. The molecule has 2 saturated heterocycles. The Labute approximate surface area is 165 Å². The number of carbonyl (C=O) groups is 2. The van der Waals surface area contributed by atoms with Gasteiger partial charge in [-0.1, -0.05) is 30.3 Å². The summed E-state index contributed by atoms with van der Waals surface area (Å²) >= 11 is 0. The smallest absolute Gasteiger partial charge is 0.410 e. The standard InChI is InChI=1S/C21H29NO6/c23-20(24)17-6-10-22(21(25)28-15-16-4-2-1-3-5-16)18(14-17)7-13-27-19-8-11-26-12-9-19/h1-5,17-19H,6-15H2,(H,23,24). The van der Waals surface area contributed by atoms with Gasteiger partial charge in [-0.05, 0) is 37.7 Å². The molecular weight excluding hydrogens is 362 g/mol. The largest absolute Gasteiger partial charge is 0.481 e. The average Bonchev–Trinajstić information content (AvgIpc) is 2.73. The fourth-order valence-corrected chi connectivity index (χ4v) is 3.80. The minimum absolute atomic E-state index is 0.182. The van der Waals surface area contributed by atoms with Gasteiger partial charge in [-0.15, -0.1) is 0 Å². The number of likely N-dealkylation sites (tertiary alicyclic amines) is 1. The molecule has 0 radical (unpaired) electrons. The van der Waals surface area contributed by atoms with Gasteiger partial charge in [-0.25, -0.2) is 4.79 Å². The molecule has 1 N–H and O–H groups in total. The van der Waals surface area contributed by atoms with Crippen molar-refractivity contribution in [2.45, 2.75) is 50.9 Å². The number of hydrogen-bond donors (Lipinski definition) is 1. The Bertz CT molecular complexity index is 631. The number of carboxylic acids is 1. The number of amides is 1. The quantitative estimate of drug-likeness (QED) is 0.769. The second-order valence-electron chi connectivity index (χ2n) is 7.42. The van der Waals surface area contributed by atoms with E-state index in [0.717, 1.165) is 18.4 Å². The first-order valence-corrected chi connectivity index (χ1v) is 10.0. The number of ether oxygens (including phenoxy) is 3. The summed E-state index contributed by atoms with van der Waals surface area (Å²) in [4.78, 5) is 25.7. The Morgan fingerprint density at radius 3 is 2.61 bits per heavy atom. The second-order valence-corrected chi connectivity index (χ2v) is 7.42. The lowest BCUT2D eigenvalue weighted by atomic mass is 9.89. The Morgan fingerprint density at radius 2 is 1.89 bits per heavy atom. The van der Waals surface area contributed by atoms with E-state index >= 15 is 0 Å². The van der Waals surface area contributed by atoms with E-state index < -0.39 is 11.9 Å². The SMILES string of the molecule is O=C(O)C1CCN(C(=O)OCc2ccccc2)C(CCOC2CCOCC2)C1. The molecular formula is C21H29NO6. The van der Waals surface area contributed by atoms with Crippen LogP contribution < -0.4 is 0 Å². The molecule has 0 bridgehead atoms. The molecule has 28 heavy (non-hydrogen) atoms. The summed E-state index contributed by atoms with van der Waals surface area (Å²) in [5.41, 5.74) is 0.927. The van der Waals surface area contributed by atoms with Crippen LogP contribution in [0.1, 0.15) is 37.7 Å². The van der Waals surface area contributed by atoms with Crippen molar-refractivity contribution in [1.82, 2.24) is 4.90 Å². The number of aliphatic carboxylic acids is 1. The van der Waals surface area contributed by atoms with Crippen LogP contribution in [0.4, 0.5) is 4.79 Å². The fraction of sp³-hybridized carbons (Fsp3) is 0.619. The number of piperidine rings is 1. The van der Waals surface area contributed by atoms with Crippen molar-refractivity contribution in [2.75, 3.05) is 26.4 Å². The number of benzene rings is 1. The third-order valence-electron chi connectivity index (χ3n) is 5.48. The van der Waals surface area contributed by atoms with Gasteiger partial charge >= 0.3 is 12.1 Å². The van der Waals surface area contributed by atoms with Crippen LogP contribution in [0.25, 0.3) is 0 Å². The third-order valence-corrected chi connectivity index (χ3v) is 5.48. The number of carboxylic acid groups (broad SMARTS) is 1. The molecule has 0 spiro atoms. The van der Waals surface area contributed by atoms with Gasteiger partial charge in [0.2, 0.25) is 0 Å². The summed E-state index contributed by atoms with van der Waals surface area (Å²) in [5.74, 6) is -1.22. The monoisotopic (exact) mass is 391 g/mol. The van der Waals surface area contributed by atoms with Crippen LogP contribution in [0.15, 0.2) is 30.3 Å². The summed E-state index contributed by atoms with van der Waals surface area (Å²) in [5, 5.41) is 9.38. The Kier molecular flexibility index (Phi) is 7.68. The van der Waals surface area contributed by atoms with Crippen LogP contribution in [-0.2, 0) is 25.6 Å². The minimum Gasteiger partial charge on any atom is -0.481 e. The highest BCUT2D eigenvalue weighted by atomic mass is 16.6. The van der Waals surface area contributed by atoms with E-state index in [1.165, 1.54) is 0 Å². The first-order valence-electron chi connectivity index (χ1n) is 10.0. The lowest BCUT2D eigenvalue weighted by molar-refractivity contribution is -0.144. The van der Waals surface area contributed by atoms with E-state index in [4.69, 9.17) is 14.2 Å². The van der Waals surface area contributed by atoms with Crippen LogP contribution in [0, 0.1) is 5.92 Å². The van der Waals surface area contributed by atoms with Gasteiger partial charge in [-0.2, -0.15) is 0 Å². The average molecular weight is 391 g/mol. The summed E-state index contributed by atoms with van der Waals surface area (Å²) in [6.45, 7) is 2.54. The molecule has 0 aliphatic carbocycles. The zero-order valence-corrected chi connectivity index (χ0v) is 16.1. The highest BCUT2D eigenvalue weighted by Gasteiger charge is 2.35. The third kappa shape index (κ3) is 5.94. The fourth-order valence-electron chi connectivity index (χ4n) is 3.80. The van der Waals surface area contributed by atoms with Crippen LogP contribution in [0.5, 0.6) is 0 Å².